The lowest BCUT2D eigenvalue weighted by molar-refractivity contribution is -0.306. The molecule has 7 heteroatoms. The lowest BCUT2D eigenvalue weighted by Crippen LogP contribution is -2.34. The van der Waals surface area contributed by atoms with Gasteiger partial charge in [-0.3, -0.25) is 4.79 Å². The summed E-state index contributed by atoms with van der Waals surface area (Å²) in [7, 11) is 3.07. The van der Waals surface area contributed by atoms with Crippen LogP contribution in [0.15, 0.2) is 46.9 Å². The number of hydrogen-bond donors (Lipinski definition) is 1. The zero-order chi connectivity index (χ0) is 18.4. The number of halogens is 1. The van der Waals surface area contributed by atoms with Crippen molar-refractivity contribution in [1.29, 1.82) is 0 Å². The molecule has 0 unspecified atom stereocenters. The number of hydrogen-bond acceptors (Lipinski definition) is 5. The van der Waals surface area contributed by atoms with E-state index in [4.69, 9.17) is 9.47 Å². The van der Waals surface area contributed by atoms with Crippen LogP contribution in [-0.4, -0.2) is 26.1 Å². The Morgan fingerprint density at radius 3 is 2.32 bits per heavy atom. The van der Waals surface area contributed by atoms with Crippen molar-refractivity contribution in [2.75, 3.05) is 14.2 Å². The smallest absolute Gasteiger partial charge is 0.251 e. The molecule has 25 heavy (non-hydrogen) atoms. The van der Waals surface area contributed by atoms with E-state index >= 15 is 0 Å². The summed E-state index contributed by atoms with van der Waals surface area (Å²) in [4.78, 5) is 23.5. The number of carbonyl (C=O) groups is 2. The second kappa shape index (κ2) is 8.53. The molecular weight excluding hydrogens is 390 g/mol. The van der Waals surface area contributed by atoms with Crippen LogP contribution in [0.5, 0.6) is 11.5 Å². The van der Waals surface area contributed by atoms with Crippen molar-refractivity contribution in [2.45, 2.75) is 12.5 Å². The molecule has 6 nitrogen and oxygen atoms in total. The summed E-state index contributed by atoms with van der Waals surface area (Å²) in [6, 6.07) is 11.0. The molecule has 1 amide bonds. The largest absolute Gasteiger partial charge is 0.550 e. The predicted octanol–water partition coefficient (Wildman–Crippen LogP) is 2.08. The number of benzene rings is 2. The van der Waals surface area contributed by atoms with Crippen LogP contribution in [0, 0.1) is 0 Å². The Bertz CT molecular complexity index is 761. The van der Waals surface area contributed by atoms with Crippen LogP contribution < -0.4 is 19.9 Å². The zero-order valence-electron chi connectivity index (χ0n) is 13.7. The van der Waals surface area contributed by atoms with E-state index in [0.29, 0.717) is 27.1 Å². The highest BCUT2D eigenvalue weighted by Crippen LogP contribution is 2.26. The molecule has 2 aromatic carbocycles. The second-order valence-electron chi connectivity index (χ2n) is 5.22. The van der Waals surface area contributed by atoms with Gasteiger partial charge >= 0.3 is 0 Å². The van der Waals surface area contributed by atoms with Gasteiger partial charge in [-0.05, 0) is 51.8 Å². The van der Waals surface area contributed by atoms with Gasteiger partial charge in [0.25, 0.3) is 5.91 Å². The maximum absolute atomic E-state index is 12.5. The van der Waals surface area contributed by atoms with Gasteiger partial charge < -0.3 is 24.7 Å². The first kappa shape index (κ1) is 18.8. The Labute approximate surface area is 153 Å². The maximum Gasteiger partial charge on any atom is 0.251 e. The third kappa shape index (κ3) is 4.96. The van der Waals surface area contributed by atoms with Crippen molar-refractivity contribution in [2.24, 2.45) is 0 Å². The lowest BCUT2D eigenvalue weighted by Gasteiger charge is -2.20. The number of amides is 1. The molecule has 1 atom stereocenters. The molecule has 132 valence electrons. The molecule has 0 aliphatic rings. The van der Waals surface area contributed by atoms with E-state index in [-0.39, 0.29) is 6.42 Å². The number of rotatable bonds is 7. The summed E-state index contributed by atoms with van der Waals surface area (Å²) < 4.78 is 10.8. The molecule has 0 saturated carbocycles. The van der Waals surface area contributed by atoms with Gasteiger partial charge in [0, 0.05) is 18.0 Å². The fourth-order valence-electron chi connectivity index (χ4n) is 2.30. The molecule has 0 spiro atoms. The molecule has 0 aliphatic heterocycles. The molecule has 0 heterocycles. The van der Waals surface area contributed by atoms with E-state index in [9.17, 15) is 14.7 Å². The molecule has 1 N–H and O–H groups in total. The minimum Gasteiger partial charge on any atom is -0.550 e. The van der Waals surface area contributed by atoms with E-state index in [1.54, 1.807) is 42.5 Å². The molecular formula is C18H17BrNO5-. The van der Waals surface area contributed by atoms with Crippen LogP contribution in [0.1, 0.15) is 28.4 Å². The summed E-state index contributed by atoms with van der Waals surface area (Å²) in [5.74, 6) is -0.415. The van der Waals surface area contributed by atoms with Crippen molar-refractivity contribution in [1.82, 2.24) is 5.32 Å². The first-order valence-corrected chi connectivity index (χ1v) is 8.22. The first-order valence-electron chi connectivity index (χ1n) is 7.42. The number of methoxy groups -OCH3 is 2. The van der Waals surface area contributed by atoms with Gasteiger partial charge in [-0.1, -0.05) is 12.1 Å². The number of nitrogens with one attached hydrogen (secondary N) is 1. The van der Waals surface area contributed by atoms with Crippen LogP contribution in [-0.2, 0) is 4.79 Å². The Kier molecular flexibility index (Phi) is 6.41. The average Bonchev–Trinajstić information content (AvgIpc) is 2.60. The maximum atomic E-state index is 12.5. The summed E-state index contributed by atoms with van der Waals surface area (Å²) in [5.41, 5.74) is 1.02. The number of aliphatic carboxylic acids is 1. The number of carboxylic acid groups (broad SMARTS) is 1. The van der Waals surface area contributed by atoms with Gasteiger partial charge in [0.1, 0.15) is 11.5 Å². The van der Waals surface area contributed by atoms with Crippen LogP contribution in [0.25, 0.3) is 0 Å². The molecule has 0 radical (unpaired) electrons. The van der Waals surface area contributed by atoms with Crippen LogP contribution in [0.2, 0.25) is 0 Å². The van der Waals surface area contributed by atoms with Crippen LogP contribution in [0.3, 0.4) is 0 Å². The Balaban J connectivity index is 2.21. The fourth-order valence-corrected chi connectivity index (χ4v) is 2.84. The minimum atomic E-state index is -1.25. The monoisotopic (exact) mass is 406 g/mol. The third-order valence-electron chi connectivity index (χ3n) is 3.61. The molecule has 0 saturated heterocycles. The third-order valence-corrected chi connectivity index (χ3v) is 4.23. The van der Waals surface area contributed by atoms with E-state index in [1.807, 2.05) is 0 Å². The summed E-state index contributed by atoms with van der Waals surface area (Å²) >= 11 is 3.32. The van der Waals surface area contributed by atoms with Crippen molar-refractivity contribution in [3.63, 3.8) is 0 Å². The highest BCUT2D eigenvalue weighted by atomic mass is 79.9. The Hall–Kier alpha value is -2.54. The normalized spacial score (nSPS) is 11.5. The van der Waals surface area contributed by atoms with E-state index in [2.05, 4.69) is 21.2 Å². The number of carboxylic acids is 1. The van der Waals surface area contributed by atoms with Gasteiger partial charge in [-0.15, -0.1) is 0 Å². The van der Waals surface area contributed by atoms with Gasteiger partial charge in [0.15, 0.2) is 0 Å². The Morgan fingerprint density at radius 1 is 1.12 bits per heavy atom. The fraction of sp³-hybridized carbons (Fsp3) is 0.222. The quantitative estimate of drug-likeness (QED) is 0.760. The number of ether oxygens (including phenoxy) is 2. The summed E-state index contributed by atoms with van der Waals surface area (Å²) in [5, 5.41) is 13.8. The van der Waals surface area contributed by atoms with Crippen molar-refractivity contribution in [3.8, 4) is 11.5 Å². The minimum absolute atomic E-state index is 0.338. The lowest BCUT2D eigenvalue weighted by atomic mass is 10.0. The van der Waals surface area contributed by atoms with E-state index in [1.165, 1.54) is 14.2 Å². The van der Waals surface area contributed by atoms with Gasteiger partial charge in [0.2, 0.25) is 0 Å². The molecule has 0 aromatic heterocycles. The summed E-state index contributed by atoms with van der Waals surface area (Å²) in [6.07, 6.45) is -0.338. The zero-order valence-corrected chi connectivity index (χ0v) is 15.3. The average molecular weight is 407 g/mol. The van der Waals surface area contributed by atoms with E-state index < -0.39 is 17.9 Å². The predicted molar refractivity (Wildman–Crippen MR) is 93.5 cm³/mol. The molecule has 2 aromatic rings. The number of carbonyl (C=O) groups excluding carboxylic acids is 2. The molecule has 2 rings (SSSR count). The van der Waals surface area contributed by atoms with Gasteiger partial charge in [-0.2, -0.15) is 0 Å². The second-order valence-corrected chi connectivity index (χ2v) is 6.08. The standard InChI is InChI=1S/C18H18BrNO5/c1-24-13-6-3-11(4-7-13)15(10-17(21)22)20-18(23)12-5-8-16(25-2)14(19)9-12/h3-9,15H,10H2,1-2H3,(H,20,23)(H,21,22)/p-1/t15-/m0/s1. The van der Waals surface area contributed by atoms with Crippen molar-refractivity contribution >= 4 is 27.8 Å². The highest BCUT2D eigenvalue weighted by molar-refractivity contribution is 9.10. The Morgan fingerprint density at radius 2 is 1.80 bits per heavy atom. The highest BCUT2D eigenvalue weighted by Gasteiger charge is 2.17. The SMILES string of the molecule is COc1ccc([C@H](CC(=O)[O-])NC(=O)c2ccc(OC)c(Br)c2)cc1. The van der Waals surface area contributed by atoms with Gasteiger partial charge in [0.05, 0.1) is 24.7 Å². The van der Waals surface area contributed by atoms with Crippen molar-refractivity contribution in [3.05, 3.63) is 58.1 Å². The van der Waals surface area contributed by atoms with Crippen molar-refractivity contribution < 1.29 is 24.2 Å². The topological polar surface area (TPSA) is 87.7 Å². The first-order chi connectivity index (χ1) is 11.9. The molecule has 0 fully saturated rings. The van der Waals surface area contributed by atoms with Crippen LogP contribution >= 0.6 is 15.9 Å². The van der Waals surface area contributed by atoms with Gasteiger partial charge in [-0.25, -0.2) is 0 Å². The van der Waals surface area contributed by atoms with E-state index in [0.717, 1.165) is 0 Å². The molecule has 0 aliphatic carbocycles. The molecule has 0 bridgehead atoms. The summed E-state index contributed by atoms with van der Waals surface area (Å²) in [6.45, 7) is 0. The van der Waals surface area contributed by atoms with Crippen LogP contribution in [0.4, 0.5) is 0 Å².